The fraction of sp³-hybridized carbons (Fsp3) is 0.163. The Kier molecular flexibility index (Phi) is 18.3. The molecule has 0 aromatic heterocycles. The number of nitrogens with one attached hydrogen (secondary N) is 1. The van der Waals surface area contributed by atoms with Gasteiger partial charge in [0.25, 0.3) is 46.4 Å². The van der Waals surface area contributed by atoms with E-state index in [0.717, 1.165) is 18.2 Å². The molecule has 0 saturated carbocycles. The van der Waals surface area contributed by atoms with E-state index >= 15 is 0 Å². The van der Waals surface area contributed by atoms with Crippen LogP contribution in [0.4, 0.5) is 56.9 Å². The first-order valence-corrected chi connectivity index (χ1v) is 29.0. The lowest BCUT2D eigenvalue weighted by Gasteiger charge is -2.12. The van der Waals surface area contributed by atoms with Crippen LogP contribution in [0.2, 0.25) is 0 Å². The number of phenolic OH excluding ortho intramolecular Hbond substituents is 1. The van der Waals surface area contributed by atoms with Crippen LogP contribution in [0, 0.1) is 6.92 Å². The Labute approximate surface area is 466 Å². The summed E-state index contributed by atoms with van der Waals surface area (Å²) in [6, 6.07) is 21.7. The highest BCUT2D eigenvalue weighted by molar-refractivity contribution is 7.87. The van der Waals surface area contributed by atoms with E-state index in [1.54, 1.807) is 19.1 Å². The van der Waals surface area contributed by atoms with Gasteiger partial charge in [-0.2, -0.15) is 38.8 Å². The largest absolute Gasteiger partial charge is 0.505 e. The fourth-order valence-corrected chi connectivity index (χ4v) is 9.73. The number of nitrogen functional groups attached to an aromatic ring is 1. The van der Waals surface area contributed by atoms with Crippen molar-refractivity contribution in [3.8, 4) is 34.5 Å². The first kappa shape index (κ1) is 60.5. The number of methoxy groups -OCH3 is 4. The molecule has 8 N–H and O–H groups in total. The van der Waals surface area contributed by atoms with Gasteiger partial charge in [-0.05, 0) is 97.1 Å². The van der Waals surface area contributed by atoms with Crippen LogP contribution < -0.4 is 34.7 Å². The lowest BCUT2D eigenvalue weighted by atomic mass is 10.1. The van der Waals surface area contributed by atoms with Gasteiger partial charge in [0.1, 0.15) is 78.4 Å². The molecule has 0 atom stereocenters. The number of fused-ring (bicyclic) bond motifs is 1. The number of rotatable bonds is 22. The SMILES string of the molecule is COc1cc(N=Nc2cc(OC)c(N=Nc3c(S(=O)(=O)O)cc4cc(NC(=O)c5ccc(N)cc5)ccc4c3O)cc2OC)c(OC)cc1N=Nc1cc(OCCCS(=O)(=O)O)c(N=Nc2ccc(S(=O)(=O)O)cc2S(=O)(=O)O)cc1C. The summed E-state index contributed by atoms with van der Waals surface area (Å²) in [5.74, 6) is -1.71. The molecule has 0 unspecified atom stereocenters. The standard InChI is InChI=1S/C49H46N10O19S4/c1-26-17-35(54-52-33-14-12-31(80(65,66)67)20-45(33)81(68,69)70)44(78-15-6-16-79(62,63)64)21-34(26)53-55-36-22-41(75-3)37(23-40(36)74-2)56-57-38-24-43(77-5)39(25-42(38)76-4)58-59-47-46(82(71,72)73)19-28-18-30(11-13-32(28)48(47)60)51-49(61)27-7-9-29(50)10-8-27/h7-14,17-25,60H,6,15-16,50H2,1-5H3,(H,51,61)(H,62,63,64)(H,65,66,67)(H,68,69,70)(H,71,72,73). The quantitative estimate of drug-likeness (QED) is 0.0143. The maximum atomic E-state index is 12.9. The molecule has 0 bridgehead atoms. The van der Waals surface area contributed by atoms with Gasteiger partial charge >= 0.3 is 0 Å². The fourth-order valence-electron chi connectivity index (χ4n) is 7.36. The average molecular weight is 1210 g/mol. The molecule has 1 amide bonds. The molecule has 0 heterocycles. The zero-order valence-corrected chi connectivity index (χ0v) is 46.4. The molecule has 7 rings (SSSR count). The normalized spacial score (nSPS) is 12.5. The number of azo groups is 4. The lowest BCUT2D eigenvalue weighted by Crippen LogP contribution is -2.11. The molecule has 33 heteroatoms. The number of phenols is 1. The molecular weight excluding hydrogens is 1160 g/mol. The van der Waals surface area contributed by atoms with Crippen LogP contribution in [0.15, 0.2) is 159 Å². The third kappa shape index (κ3) is 14.8. The van der Waals surface area contributed by atoms with Gasteiger partial charge in [-0.1, -0.05) is 0 Å². The van der Waals surface area contributed by atoms with Crippen molar-refractivity contribution in [2.24, 2.45) is 40.9 Å². The maximum absolute atomic E-state index is 12.9. The van der Waals surface area contributed by atoms with Crippen LogP contribution in [0.25, 0.3) is 10.8 Å². The molecule has 82 heavy (non-hydrogen) atoms. The minimum atomic E-state index is -5.12. The van der Waals surface area contributed by atoms with Crippen molar-refractivity contribution < 1.29 is 85.5 Å². The number of nitrogens with two attached hydrogens (primary N) is 1. The third-order valence-corrected chi connectivity index (χ3v) is 14.8. The molecule has 0 aliphatic rings. The number of aromatic hydroxyl groups is 1. The number of carbonyl (C=O) groups excluding carboxylic acids is 1. The molecule has 0 fully saturated rings. The summed E-state index contributed by atoms with van der Waals surface area (Å²) in [6.07, 6.45) is -0.203. The van der Waals surface area contributed by atoms with Gasteiger partial charge < -0.3 is 39.8 Å². The Bertz CT molecular complexity index is 4260. The number of nitrogens with zero attached hydrogens (tertiary/aromatic N) is 8. The Morgan fingerprint density at radius 2 is 1.00 bits per heavy atom. The van der Waals surface area contributed by atoms with Crippen molar-refractivity contribution >= 4 is 114 Å². The second-order valence-electron chi connectivity index (χ2n) is 16.9. The number of hydrogen-bond donors (Lipinski definition) is 7. The monoisotopic (exact) mass is 1210 g/mol. The number of amides is 1. The van der Waals surface area contributed by atoms with Crippen molar-refractivity contribution in [1.82, 2.24) is 0 Å². The summed E-state index contributed by atoms with van der Waals surface area (Å²) in [4.78, 5) is 10.2. The van der Waals surface area contributed by atoms with Gasteiger partial charge in [-0.15, -0.1) is 35.8 Å². The Balaban J connectivity index is 1.17. The van der Waals surface area contributed by atoms with Crippen LogP contribution in [0.5, 0.6) is 34.5 Å². The number of benzene rings is 7. The van der Waals surface area contributed by atoms with E-state index in [4.69, 9.17) is 29.4 Å². The van der Waals surface area contributed by atoms with Crippen LogP contribution in [0.3, 0.4) is 0 Å². The van der Waals surface area contributed by atoms with E-state index in [-0.39, 0.29) is 97.9 Å². The molecule has 7 aromatic carbocycles. The molecule has 0 aliphatic heterocycles. The first-order valence-electron chi connectivity index (χ1n) is 23.1. The molecule has 430 valence electrons. The Hall–Kier alpha value is -9.09. The van der Waals surface area contributed by atoms with Gasteiger partial charge in [0.2, 0.25) is 0 Å². The minimum absolute atomic E-state index is 0.00591. The summed E-state index contributed by atoms with van der Waals surface area (Å²) in [7, 11) is -14.2. The van der Waals surface area contributed by atoms with E-state index in [0.29, 0.717) is 17.3 Å². The molecule has 7 aromatic rings. The topological polar surface area (TPSA) is 438 Å². The Morgan fingerprint density at radius 3 is 1.49 bits per heavy atom. The smallest absolute Gasteiger partial charge is 0.296 e. The predicted molar refractivity (Wildman–Crippen MR) is 294 cm³/mol. The highest BCUT2D eigenvalue weighted by atomic mass is 32.2. The van der Waals surface area contributed by atoms with E-state index in [1.807, 2.05) is 0 Å². The zero-order valence-electron chi connectivity index (χ0n) is 43.2. The second-order valence-corrected chi connectivity index (χ2v) is 22.7. The predicted octanol–water partition coefficient (Wildman–Crippen LogP) is 10.8. The van der Waals surface area contributed by atoms with Gasteiger partial charge in [0.15, 0.2) is 5.75 Å². The zero-order chi connectivity index (χ0) is 59.9. The summed E-state index contributed by atoms with van der Waals surface area (Å²) >= 11 is 0. The van der Waals surface area contributed by atoms with Gasteiger partial charge in [0, 0.05) is 52.7 Å². The molecule has 0 spiro atoms. The van der Waals surface area contributed by atoms with Crippen molar-refractivity contribution in [2.75, 3.05) is 51.8 Å². The maximum Gasteiger partial charge on any atom is 0.296 e. The van der Waals surface area contributed by atoms with Crippen LogP contribution >= 0.6 is 0 Å². The second kappa shape index (κ2) is 24.7. The van der Waals surface area contributed by atoms with Crippen molar-refractivity contribution in [3.05, 3.63) is 114 Å². The van der Waals surface area contributed by atoms with E-state index in [9.17, 15) is 61.8 Å². The highest BCUT2D eigenvalue weighted by Gasteiger charge is 2.25. The van der Waals surface area contributed by atoms with Crippen molar-refractivity contribution in [2.45, 2.75) is 28.0 Å². The number of anilines is 2. The molecule has 0 radical (unpaired) electrons. The summed E-state index contributed by atoms with van der Waals surface area (Å²) < 4.78 is 163. The van der Waals surface area contributed by atoms with Gasteiger partial charge in [-0.3, -0.25) is 23.0 Å². The third-order valence-electron chi connectivity index (χ3n) is 11.4. The summed E-state index contributed by atoms with van der Waals surface area (Å²) in [5.41, 5.74) is 6.10. The molecule has 29 nitrogen and oxygen atoms in total. The summed E-state index contributed by atoms with van der Waals surface area (Å²) in [6.45, 7) is 1.26. The van der Waals surface area contributed by atoms with Crippen molar-refractivity contribution in [1.29, 1.82) is 0 Å². The first-order chi connectivity index (χ1) is 38.6. The van der Waals surface area contributed by atoms with Gasteiger partial charge in [-0.25, -0.2) is 0 Å². The molecular formula is C49H46N10O19S4. The van der Waals surface area contributed by atoms with Gasteiger partial charge in [0.05, 0.1) is 51.4 Å². The number of aryl methyl sites for hydroxylation is 1. The minimum Gasteiger partial charge on any atom is -0.505 e. The molecule has 0 aliphatic carbocycles. The number of carbonyl (C=O) groups is 1. The van der Waals surface area contributed by atoms with Crippen molar-refractivity contribution in [3.63, 3.8) is 0 Å². The van der Waals surface area contributed by atoms with E-state index < -0.39 is 83.9 Å². The lowest BCUT2D eigenvalue weighted by molar-refractivity contribution is 0.102. The Morgan fingerprint density at radius 1 is 0.524 bits per heavy atom. The average Bonchev–Trinajstić information content (AvgIpc) is 3.58. The number of ether oxygens (including phenoxy) is 5. The van der Waals surface area contributed by atoms with E-state index in [2.05, 4.69) is 46.2 Å². The van der Waals surface area contributed by atoms with Crippen LogP contribution in [-0.2, 0) is 40.5 Å². The summed E-state index contributed by atoms with van der Waals surface area (Å²) in [5, 5.41) is 47.5. The number of hydrogen-bond acceptors (Lipinski definition) is 24. The highest BCUT2D eigenvalue weighted by Crippen LogP contribution is 2.47. The van der Waals surface area contributed by atoms with Crippen LogP contribution in [0.1, 0.15) is 22.3 Å². The van der Waals surface area contributed by atoms with E-state index in [1.165, 1.54) is 95.2 Å². The van der Waals surface area contributed by atoms with Crippen LogP contribution in [-0.4, -0.2) is 104 Å². The molecule has 0 saturated heterocycles.